The summed E-state index contributed by atoms with van der Waals surface area (Å²) in [5.74, 6) is -2.64. The third-order valence-electron chi connectivity index (χ3n) is 7.45. The van der Waals surface area contributed by atoms with Gasteiger partial charge in [-0.25, -0.2) is 4.39 Å². The van der Waals surface area contributed by atoms with E-state index < -0.39 is 23.3 Å². The number of ether oxygens (including phenoxy) is 1. The Bertz CT molecular complexity index is 1080. The standard InChI is InChI=1S/C25H25FN2O4/c1-27-22(29)19-20(23(27)30)25(24(31)32-2)13-3-4-14-28(25)21(19)17-7-5-15(6-8-17)16-9-11-18(26)12-10-16/h5-12,19-21H,3-4,13-14H2,1-2H3/t19-,20-,21+,25-/m0/s1. The van der Waals surface area contributed by atoms with E-state index in [1.165, 1.54) is 31.2 Å². The molecule has 0 saturated carbocycles. The molecule has 0 radical (unpaired) electrons. The number of methoxy groups -OCH3 is 1. The highest BCUT2D eigenvalue weighted by Gasteiger charge is 2.72. The molecule has 2 amide bonds. The van der Waals surface area contributed by atoms with Gasteiger partial charge < -0.3 is 4.74 Å². The lowest BCUT2D eigenvalue weighted by molar-refractivity contribution is -0.163. The number of amides is 2. The maximum absolute atomic E-state index is 13.3. The Kier molecular flexibility index (Phi) is 4.89. The predicted molar refractivity (Wildman–Crippen MR) is 115 cm³/mol. The number of carbonyl (C=O) groups is 3. The van der Waals surface area contributed by atoms with Crippen LogP contribution in [0.15, 0.2) is 48.5 Å². The van der Waals surface area contributed by atoms with Crippen LogP contribution in [0, 0.1) is 17.7 Å². The SMILES string of the molecule is COC(=O)[C@@]12CCCCN1[C@H](c1ccc(-c3ccc(F)cc3)cc1)[C@H]1C(=O)N(C)C(=O)[C@H]12. The second kappa shape index (κ2) is 7.52. The molecule has 6 nitrogen and oxygen atoms in total. The fourth-order valence-corrected chi connectivity index (χ4v) is 6.02. The fraction of sp³-hybridized carbons (Fsp3) is 0.400. The van der Waals surface area contributed by atoms with E-state index in [0.717, 1.165) is 29.5 Å². The van der Waals surface area contributed by atoms with Gasteiger partial charge in [0.1, 0.15) is 11.4 Å². The second-order valence-electron chi connectivity index (χ2n) is 8.88. The number of hydrogen-bond acceptors (Lipinski definition) is 5. The minimum atomic E-state index is -1.12. The number of likely N-dealkylation sites (tertiary alicyclic amines) is 1. The number of benzene rings is 2. The van der Waals surface area contributed by atoms with Crippen molar-refractivity contribution in [3.63, 3.8) is 0 Å². The molecule has 0 aliphatic carbocycles. The third-order valence-corrected chi connectivity index (χ3v) is 7.45. The van der Waals surface area contributed by atoms with E-state index in [2.05, 4.69) is 0 Å². The quantitative estimate of drug-likeness (QED) is 0.546. The van der Waals surface area contributed by atoms with Crippen LogP contribution in [-0.2, 0) is 19.1 Å². The van der Waals surface area contributed by atoms with Gasteiger partial charge in [0.15, 0.2) is 0 Å². The number of carbonyl (C=O) groups excluding carboxylic acids is 3. The Morgan fingerprint density at radius 1 is 1.00 bits per heavy atom. The van der Waals surface area contributed by atoms with Crippen LogP contribution >= 0.6 is 0 Å². The summed E-state index contributed by atoms with van der Waals surface area (Å²) in [5, 5.41) is 0. The van der Waals surface area contributed by atoms with Crippen molar-refractivity contribution < 1.29 is 23.5 Å². The van der Waals surface area contributed by atoms with Crippen molar-refractivity contribution in [3.8, 4) is 11.1 Å². The van der Waals surface area contributed by atoms with E-state index in [1.54, 1.807) is 12.1 Å². The highest BCUT2D eigenvalue weighted by atomic mass is 19.1. The van der Waals surface area contributed by atoms with Crippen molar-refractivity contribution in [1.29, 1.82) is 0 Å². The van der Waals surface area contributed by atoms with Crippen molar-refractivity contribution in [2.24, 2.45) is 11.8 Å². The second-order valence-corrected chi connectivity index (χ2v) is 8.88. The van der Waals surface area contributed by atoms with Crippen LogP contribution in [0.2, 0.25) is 0 Å². The van der Waals surface area contributed by atoms with Crippen molar-refractivity contribution in [3.05, 3.63) is 59.9 Å². The van der Waals surface area contributed by atoms with Gasteiger partial charge in [-0.15, -0.1) is 0 Å². The number of halogens is 1. The maximum atomic E-state index is 13.3. The molecule has 7 heteroatoms. The molecular formula is C25H25FN2O4. The summed E-state index contributed by atoms with van der Waals surface area (Å²) >= 11 is 0. The first-order valence-corrected chi connectivity index (χ1v) is 10.9. The Hall–Kier alpha value is -3.06. The number of imide groups is 1. The minimum Gasteiger partial charge on any atom is -0.468 e. The maximum Gasteiger partial charge on any atom is 0.327 e. The minimum absolute atomic E-state index is 0.245. The molecule has 2 aromatic carbocycles. The van der Waals surface area contributed by atoms with Gasteiger partial charge in [-0.1, -0.05) is 36.4 Å². The third kappa shape index (κ3) is 2.77. The average Bonchev–Trinajstić information content (AvgIpc) is 3.25. The Labute approximate surface area is 185 Å². The molecule has 3 aliphatic heterocycles. The molecule has 0 spiro atoms. The molecule has 0 unspecified atom stereocenters. The van der Waals surface area contributed by atoms with Crippen LogP contribution in [0.5, 0.6) is 0 Å². The van der Waals surface area contributed by atoms with Crippen molar-refractivity contribution in [2.45, 2.75) is 30.8 Å². The van der Waals surface area contributed by atoms with Crippen LogP contribution in [0.1, 0.15) is 30.9 Å². The van der Waals surface area contributed by atoms with Crippen LogP contribution in [0.25, 0.3) is 11.1 Å². The first-order chi connectivity index (χ1) is 15.4. The summed E-state index contributed by atoms with van der Waals surface area (Å²) in [6, 6.07) is 13.6. The van der Waals surface area contributed by atoms with E-state index in [9.17, 15) is 18.8 Å². The van der Waals surface area contributed by atoms with Crippen LogP contribution in [0.4, 0.5) is 4.39 Å². The Morgan fingerprint density at radius 2 is 1.62 bits per heavy atom. The molecule has 3 aliphatic rings. The molecule has 3 fully saturated rings. The number of fused-ring (bicyclic) bond motifs is 3. The normalized spacial score (nSPS) is 29.7. The van der Waals surface area contributed by atoms with Crippen LogP contribution < -0.4 is 0 Å². The molecule has 3 heterocycles. The lowest BCUT2D eigenvalue weighted by atomic mass is 9.75. The molecule has 3 saturated heterocycles. The lowest BCUT2D eigenvalue weighted by Gasteiger charge is -2.44. The van der Waals surface area contributed by atoms with E-state index in [4.69, 9.17) is 4.74 Å². The number of nitrogens with zero attached hydrogens (tertiary/aromatic N) is 2. The van der Waals surface area contributed by atoms with Crippen LogP contribution in [-0.4, -0.2) is 53.8 Å². The van der Waals surface area contributed by atoms with E-state index >= 15 is 0 Å². The number of hydrogen-bond donors (Lipinski definition) is 0. The van der Waals surface area contributed by atoms with E-state index in [-0.39, 0.29) is 23.7 Å². The number of piperidine rings is 1. The highest BCUT2D eigenvalue weighted by molar-refractivity contribution is 6.09. The Morgan fingerprint density at radius 3 is 2.25 bits per heavy atom. The highest BCUT2D eigenvalue weighted by Crippen LogP contribution is 2.58. The van der Waals surface area contributed by atoms with Gasteiger partial charge in [-0.05, 0) is 54.6 Å². The van der Waals surface area contributed by atoms with Gasteiger partial charge in [-0.2, -0.15) is 0 Å². The van der Waals surface area contributed by atoms with Gasteiger partial charge in [0.05, 0.1) is 18.9 Å². The first-order valence-electron chi connectivity index (χ1n) is 10.9. The van der Waals surface area contributed by atoms with Crippen molar-refractivity contribution >= 4 is 17.8 Å². The average molecular weight is 436 g/mol. The summed E-state index contributed by atoms with van der Waals surface area (Å²) in [6.45, 7) is 0.622. The molecule has 5 rings (SSSR count). The predicted octanol–water partition coefficient (Wildman–Crippen LogP) is 3.18. The molecule has 4 atom stereocenters. The monoisotopic (exact) mass is 436 g/mol. The fourth-order valence-electron chi connectivity index (χ4n) is 6.02. The summed E-state index contributed by atoms with van der Waals surface area (Å²) in [5.41, 5.74) is 1.58. The molecule has 166 valence electrons. The largest absolute Gasteiger partial charge is 0.468 e. The summed E-state index contributed by atoms with van der Waals surface area (Å²) in [6.07, 6.45) is 2.19. The van der Waals surface area contributed by atoms with Gasteiger partial charge in [-0.3, -0.25) is 24.2 Å². The zero-order chi connectivity index (χ0) is 22.6. The lowest BCUT2D eigenvalue weighted by Crippen LogP contribution is -2.59. The van der Waals surface area contributed by atoms with Gasteiger partial charge in [0, 0.05) is 13.1 Å². The van der Waals surface area contributed by atoms with Gasteiger partial charge in [0.2, 0.25) is 11.8 Å². The zero-order valence-corrected chi connectivity index (χ0v) is 18.1. The smallest absolute Gasteiger partial charge is 0.327 e. The van der Waals surface area contributed by atoms with E-state index in [1.807, 2.05) is 29.2 Å². The Balaban J connectivity index is 1.60. The summed E-state index contributed by atoms with van der Waals surface area (Å²) in [7, 11) is 2.84. The van der Waals surface area contributed by atoms with Gasteiger partial charge in [0.25, 0.3) is 0 Å². The molecule has 0 bridgehead atoms. The number of rotatable bonds is 3. The van der Waals surface area contributed by atoms with Crippen molar-refractivity contribution in [2.75, 3.05) is 20.7 Å². The molecule has 32 heavy (non-hydrogen) atoms. The van der Waals surface area contributed by atoms with E-state index in [0.29, 0.717) is 13.0 Å². The molecular weight excluding hydrogens is 411 g/mol. The van der Waals surface area contributed by atoms with Crippen LogP contribution in [0.3, 0.4) is 0 Å². The number of esters is 1. The summed E-state index contributed by atoms with van der Waals surface area (Å²) < 4.78 is 18.5. The zero-order valence-electron chi connectivity index (χ0n) is 18.1. The molecule has 2 aromatic rings. The van der Waals surface area contributed by atoms with Crippen molar-refractivity contribution in [1.82, 2.24) is 9.80 Å². The molecule has 0 N–H and O–H groups in total. The summed E-state index contributed by atoms with van der Waals surface area (Å²) in [4.78, 5) is 42.7. The van der Waals surface area contributed by atoms with Gasteiger partial charge >= 0.3 is 5.97 Å². The molecule has 0 aromatic heterocycles. The first kappa shape index (κ1) is 20.8. The topological polar surface area (TPSA) is 66.9 Å².